The number of benzene rings is 1. The van der Waals surface area contributed by atoms with Crippen molar-refractivity contribution in [3.8, 4) is 0 Å². The predicted molar refractivity (Wildman–Crippen MR) is 89.0 cm³/mol. The van der Waals surface area contributed by atoms with E-state index in [1.165, 1.54) is 11.3 Å². The largest absolute Gasteiger partial charge is 0.310 e. The summed E-state index contributed by atoms with van der Waals surface area (Å²) in [6.07, 6.45) is 1.06. The quantitative estimate of drug-likeness (QED) is 0.864. The highest BCUT2D eigenvalue weighted by atomic mass is 35.5. The zero-order valence-corrected chi connectivity index (χ0v) is 14.0. The molecular weight excluding hydrogens is 282 g/mol. The van der Waals surface area contributed by atoms with E-state index in [1.807, 2.05) is 18.2 Å². The second-order valence-electron chi connectivity index (χ2n) is 5.35. The minimum atomic E-state index is 0.370. The van der Waals surface area contributed by atoms with Crippen LogP contribution in [0.25, 0.3) is 0 Å². The molecule has 0 saturated carbocycles. The number of nitrogens with one attached hydrogen (secondary N) is 1. The van der Waals surface area contributed by atoms with Crippen molar-refractivity contribution in [3.63, 3.8) is 0 Å². The Morgan fingerprint density at radius 3 is 2.57 bits per heavy atom. The van der Waals surface area contributed by atoms with Crippen molar-refractivity contribution >= 4 is 11.6 Å². The van der Waals surface area contributed by atoms with Gasteiger partial charge >= 0.3 is 0 Å². The summed E-state index contributed by atoms with van der Waals surface area (Å²) >= 11 is 6.26. The summed E-state index contributed by atoms with van der Waals surface area (Å²) in [6.45, 7) is 10.3. The molecule has 21 heavy (non-hydrogen) atoms. The fourth-order valence-corrected chi connectivity index (χ4v) is 3.05. The molecule has 2 aromatic rings. The van der Waals surface area contributed by atoms with E-state index in [1.54, 1.807) is 0 Å². The van der Waals surface area contributed by atoms with Gasteiger partial charge in [-0.3, -0.25) is 4.68 Å². The Hall–Kier alpha value is -1.32. The maximum Gasteiger partial charge on any atom is 0.0677 e. The molecule has 1 heterocycles. The van der Waals surface area contributed by atoms with E-state index >= 15 is 0 Å². The molecule has 0 aliphatic heterocycles. The lowest BCUT2D eigenvalue weighted by molar-refractivity contribution is 0.531. The lowest BCUT2D eigenvalue weighted by Crippen LogP contribution is -2.21. The molecule has 0 fully saturated rings. The zero-order chi connectivity index (χ0) is 15.4. The molecule has 0 amide bonds. The standard InChI is InChI=1S/C17H24ClN3/c1-5-16(19-6-2)17-12(3)20-21(13(17)4)11-14-9-7-8-10-15(14)18/h7-10,16,19H,5-6,11H2,1-4H3. The fraction of sp³-hybridized carbons (Fsp3) is 0.471. The van der Waals surface area contributed by atoms with E-state index < -0.39 is 0 Å². The van der Waals surface area contributed by atoms with Crippen molar-refractivity contribution < 1.29 is 0 Å². The molecule has 1 N–H and O–H groups in total. The van der Waals surface area contributed by atoms with Crippen molar-refractivity contribution in [3.05, 3.63) is 51.8 Å². The van der Waals surface area contributed by atoms with Crippen molar-refractivity contribution in [2.45, 2.75) is 46.7 Å². The van der Waals surface area contributed by atoms with Gasteiger partial charge in [0.15, 0.2) is 0 Å². The Balaban J connectivity index is 2.33. The summed E-state index contributed by atoms with van der Waals surface area (Å²) in [4.78, 5) is 0. The van der Waals surface area contributed by atoms with Gasteiger partial charge in [-0.25, -0.2) is 0 Å². The summed E-state index contributed by atoms with van der Waals surface area (Å²) in [6, 6.07) is 8.32. The molecular formula is C17H24ClN3. The molecule has 114 valence electrons. The molecule has 0 aliphatic carbocycles. The second kappa shape index (κ2) is 7.10. The van der Waals surface area contributed by atoms with E-state index in [9.17, 15) is 0 Å². The first-order valence-electron chi connectivity index (χ1n) is 7.59. The Morgan fingerprint density at radius 2 is 1.95 bits per heavy atom. The fourth-order valence-electron chi connectivity index (χ4n) is 2.85. The molecule has 1 atom stereocenters. The molecule has 3 nitrogen and oxygen atoms in total. The molecule has 0 radical (unpaired) electrons. The van der Waals surface area contributed by atoms with Gasteiger partial charge in [0.05, 0.1) is 12.2 Å². The molecule has 2 rings (SSSR count). The average molecular weight is 306 g/mol. The van der Waals surface area contributed by atoms with Crippen molar-refractivity contribution in [1.29, 1.82) is 0 Å². The van der Waals surface area contributed by atoms with Crippen molar-refractivity contribution in [1.82, 2.24) is 15.1 Å². The number of hydrogen-bond donors (Lipinski definition) is 1. The van der Waals surface area contributed by atoms with Gasteiger partial charge < -0.3 is 5.32 Å². The maximum absolute atomic E-state index is 6.26. The normalized spacial score (nSPS) is 12.6. The van der Waals surface area contributed by atoms with Gasteiger partial charge in [-0.05, 0) is 38.4 Å². The van der Waals surface area contributed by atoms with Gasteiger partial charge in [0.2, 0.25) is 0 Å². The summed E-state index contributed by atoms with van der Waals surface area (Å²) in [7, 11) is 0. The van der Waals surface area contributed by atoms with Gasteiger partial charge in [0, 0.05) is 22.3 Å². The Kier molecular flexibility index (Phi) is 5.43. The molecule has 4 heteroatoms. The number of aromatic nitrogens is 2. The Morgan fingerprint density at radius 1 is 1.24 bits per heavy atom. The molecule has 1 unspecified atom stereocenters. The van der Waals surface area contributed by atoms with Crippen LogP contribution in [0.4, 0.5) is 0 Å². The number of rotatable bonds is 6. The molecule has 1 aromatic heterocycles. The third kappa shape index (κ3) is 3.47. The second-order valence-corrected chi connectivity index (χ2v) is 5.76. The van der Waals surface area contributed by atoms with Crippen LogP contribution in [0.5, 0.6) is 0 Å². The van der Waals surface area contributed by atoms with Crippen LogP contribution < -0.4 is 5.32 Å². The van der Waals surface area contributed by atoms with E-state index in [0.717, 1.165) is 35.8 Å². The van der Waals surface area contributed by atoms with Gasteiger partial charge in [-0.2, -0.15) is 5.10 Å². The first-order valence-corrected chi connectivity index (χ1v) is 7.96. The highest BCUT2D eigenvalue weighted by Crippen LogP contribution is 2.25. The van der Waals surface area contributed by atoms with Gasteiger partial charge in [-0.1, -0.05) is 43.6 Å². The number of aryl methyl sites for hydroxylation is 1. The summed E-state index contributed by atoms with van der Waals surface area (Å²) in [5.74, 6) is 0. The number of nitrogens with zero attached hydrogens (tertiary/aromatic N) is 2. The summed E-state index contributed by atoms with van der Waals surface area (Å²) in [5, 5.41) is 9.05. The van der Waals surface area contributed by atoms with Gasteiger partial charge in [0.25, 0.3) is 0 Å². The maximum atomic E-state index is 6.26. The number of halogens is 1. The van der Waals surface area contributed by atoms with Crippen LogP contribution >= 0.6 is 11.6 Å². The molecule has 0 bridgehead atoms. The zero-order valence-electron chi connectivity index (χ0n) is 13.3. The van der Waals surface area contributed by atoms with E-state index in [4.69, 9.17) is 16.7 Å². The lowest BCUT2D eigenvalue weighted by atomic mass is 10.0. The van der Waals surface area contributed by atoms with Crippen LogP contribution in [0.3, 0.4) is 0 Å². The molecule has 0 spiro atoms. The van der Waals surface area contributed by atoms with Crippen LogP contribution in [0.15, 0.2) is 24.3 Å². The molecule has 0 aliphatic rings. The van der Waals surface area contributed by atoms with E-state index in [0.29, 0.717) is 6.04 Å². The van der Waals surface area contributed by atoms with Crippen LogP contribution in [0.2, 0.25) is 5.02 Å². The third-order valence-corrected chi connectivity index (χ3v) is 4.29. The van der Waals surface area contributed by atoms with Crippen LogP contribution in [0.1, 0.15) is 48.8 Å². The number of hydrogen-bond acceptors (Lipinski definition) is 2. The highest BCUT2D eigenvalue weighted by molar-refractivity contribution is 6.31. The summed E-state index contributed by atoms with van der Waals surface area (Å²) < 4.78 is 2.06. The van der Waals surface area contributed by atoms with Crippen LogP contribution in [0, 0.1) is 13.8 Å². The Labute approximate surface area is 132 Å². The summed E-state index contributed by atoms with van der Waals surface area (Å²) in [5.41, 5.74) is 4.76. The van der Waals surface area contributed by atoms with Crippen molar-refractivity contribution in [2.24, 2.45) is 0 Å². The smallest absolute Gasteiger partial charge is 0.0677 e. The van der Waals surface area contributed by atoms with E-state index in [-0.39, 0.29) is 0 Å². The minimum absolute atomic E-state index is 0.370. The highest BCUT2D eigenvalue weighted by Gasteiger charge is 2.19. The lowest BCUT2D eigenvalue weighted by Gasteiger charge is -2.17. The topological polar surface area (TPSA) is 29.9 Å². The van der Waals surface area contributed by atoms with Gasteiger partial charge in [0.1, 0.15) is 0 Å². The predicted octanol–water partition coefficient (Wildman–Crippen LogP) is 4.26. The van der Waals surface area contributed by atoms with Crippen molar-refractivity contribution in [2.75, 3.05) is 6.54 Å². The third-order valence-electron chi connectivity index (χ3n) is 3.92. The molecule has 0 saturated heterocycles. The van der Waals surface area contributed by atoms with Crippen LogP contribution in [-0.4, -0.2) is 16.3 Å². The van der Waals surface area contributed by atoms with Gasteiger partial charge in [-0.15, -0.1) is 0 Å². The molecule has 1 aromatic carbocycles. The first-order chi connectivity index (χ1) is 10.1. The monoisotopic (exact) mass is 305 g/mol. The Bertz CT molecular complexity index is 604. The van der Waals surface area contributed by atoms with E-state index in [2.05, 4.69) is 43.8 Å². The van der Waals surface area contributed by atoms with Crippen LogP contribution in [-0.2, 0) is 6.54 Å². The first kappa shape index (κ1) is 16.1. The average Bonchev–Trinajstić information content (AvgIpc) is 2.74. The minimum Gasteiger partial charge on any atom is -0.310 e. The SMILES string of the molecule is CCNC(CC)c1c(C)nn(Cc2ccccc2Cl)c1C.